The Labute approximate surface area is 222 Å². The molecule has 3 aromatic carbocycles. The number of carbonyl (C=O) groups is 2. The third-order valence-corrected chi connectivity index (χ3v) is 5.92. The molecule has 0 saturated carbocycles. The average Bonchev–Trinajstić information content (AvgIpc) is 2.84. The maximum absolute atomic E-state index is 13.1. The quantitative estimate of drug-likeness (QED) is 0.224. The Morgan fingerprint density at radius 2 is 1.68 bits per heavy atom. The summed E-state index contributed by atoms with van der Waals surface area (Å²) in [4.78, 5) is 27.9. The summed E-state index contributed by atoms with van der Waals surface area (Å²) in [5, 5.41) is 17.1. The van der Waals surface area contributed by atoms with E-state index in [2.05, 4.69) is 36.6 Å². The van der Waals surface area contributed by atoms with E-state index in [4.69, 9.17) is 11.6 Å². The van der Waals surface area contributed by atoms with Crippen LogP contribution >= 0.6 is 11.6 Å². The first-order valence-corrected chi connectivity index (χ1v) is 12.1. The largest absolute Gasteiger partial charge is 0.507 e. The van der Waals surface area contributed by atoms with Crippen LogP contribution in [-0.4, -0.2) is 37.2 Å². The lowest BCUT2D eigenvalue weighted by Gasteiger charge is -2.19. The summed E-state index contributed by atoms with van der Waals surface area (Å²) in [5.74, 6) is -1.13. The number of benzene rings is 3. The molecular weight excluding hydrogens is 488 g/mol. The number of nitrogens with one attached hydrogen (secondary N) is 2. The van der Waals surface area contributed by atoms with E-state index in [-0.39, 0.29) is 27.4 Å². The number of phenolic OH excluding ortho intramolecular Hbond substituents is 1. The third-order valence-electron chi connectivity index (χ3n) is 5.60. The van der Waals surface area contributed by atoms with Crippen molar-refractivity contribution in [1.29, 1.82) is 0 Å². The van der Waals surface area contributed by atoms with Gasteiger partial charge in [-0.1, -0.05) is 62.7 Å². The highest BCUT2D eigenvalue weighted by Crippen LogP contribution is 2.26. The van der Waals surface area contributed by atoms with Crippen molar-refractivity contribution < 1.29 is 14.7 Å². The standard InChI is InChI=1S/C29H31ClN4O3/c1-29(2,3)21-12-15-26(35)20(17-21)18-31-33-28(37)25(16-19-10-13-22(14-11-19)34(4)5)32-27(36)23-8-6-7-9-24(23)30/h6-18,35H,1-5H3,(H,32,36)(H,33,37)/b25-16+,31-18+. The maximum Gasteiger partial charge on any atom is 0.287 e. The third kappa shape index (κ3) is 7.44. The van der Waals surface area contributed by atoms with E-state index in [0.717, 1.165) is 11.3 Å². The molecular formula is C29H31ClN4O3. The monoisotopic (exact) mass is 518 g/mol. The molecule has 2 amide bonds. The first-order chi connectivity index (χ1) is 17.5. The van der Waals surface area contributed by atoms with Crippen molar-refractivity contribution in [3.63, 3.8) is 0 Å². The fourth-order valence-corrected chi connectivity index (χ4v) is 3.60. The van der Waals surface area contributed by atoms with Crippen LogP contribution in [0.25, 0.3) is 6.08 Å². The summed E-state index contributed by atoms with van der Waals surface area (Å²) in [6, 6.07) is 19.3. The molecule has 37 heavy (non-hydrogen) atoms. The van der Waals surface area contributed by atoms with Gasteiger partial charge in [0.25, 0.3) is 11.8 Å². The minimum Gasteiger partial charge on any atom is -0.507 e. The van der Waals surface area contributed by atoms with Crippen molar-refractivity contribution >= 4 is 41.4 Å². The fourth-order valence-electron chi connectivity index (χ4n) is 3.37. The SMILES string of the molecule is CN(C)c1ccc(/C=C(/NC(=O)c2ccccc2Cl)C(=O)N/N=C/c2cc(C(C)(C)C)ccc2O)cc1. The van der Waals surface area contributed by atoms with Crippen LogP contribution in [0.2, 0.25) is 5.02 Å². The number of hydrogen-bond donors (Lipinski definition) is 3. The van der Waals surface area contributed by atoms with Gasteiger partial charge in [0.05, 0.1) is 16.8 Å². The second kappa shape index (κ2) is 11.8. The number of aromatic hydroxyl groups is 1. The number of amides is 2. The van der Waals surface area contributed by atoms with Crippen LogP contribution in [0.5, 0.6) is 5.75 Å². The van der Waals surface area contributed by atoms with Crippen LogP contribution in [0.1, 0.15) is 47.8 Å². The number of nitrogens with zero attached hydrogens (tertiary/aromatic N) is 2. The van der Waals surface area contributed by atoms with Crippen LogP contribution in [0.15, 0.2) is 77.5 Å². The molecule has 0 aliphatic carbocycles. The van der Waals surface area contributed by atoms with Crippen molar-refractivity contribution in [3.05, 3.63) is 99.7 Å². The zero-order valence-electron chi connectivity index (χ0n) is 21.5. The second-order valence-corrected chi connectivity index (χ2v) is 10.1. The Kier molecular flexibility index (Phi) is 8.73. The lowest BCUT2D eigenvalue weighted by atomic mass is 9.86. The molecule has 0 atom stereocenters. The highest BCUT2D eigenvalue weighted by atomic mass is 35.5. The summed E-state index contributed by atoms with van der Waals surface area (Å²) in [5.41, 5.74) is 5.68. The summed E-state index contributed by atoms with van der Waals surface area (Å²) >= 11 is 6.17. The number of rotatable bonds is 7. The molecule has 0 fully saturated rings. The van der Waals surface area contributed by atoms with E-state index < -0.39 is 11.8 Å². The normalized spacial score (nSPS) is 11.9. The molecule has 192 valence electrons. The molecule has 3 aromatic rings. The number of carbonyl (C=O) groups excluding carboxylic acids is 2. The summed E-state index contributed by atoms with van der Waals surface area (Å²) in [6.07, 6.45) is 2.92. The first kappa shape index (κ1) is 27.5. The van der Waals surface area contributed by atoms with Crippen LogP contribution in [0, 0.1) is 0 Å². The number of hydrogen-bond acceptors (Lipinski definition) is 5. The van der Waals surface area contributed by atoms with E-state index in [1.807, 2.05) is 55.4 Å². The van der Waals surface area contributed by atoms with Gasteiger partial charge in [0.2, 0.25) is 0 Å². The van der Waals surface area contributed by atoms with Gasteiger partial charge in [0.15, 0.2) is 0 Å². The molecule has 0 aliphatic heterocycles. The lowest BCUT2D eigenvalue weighted by Crippen LogP contribution is -2.33. The second-order valence-electron chi connectivity index (χ2n) is 9.70. The van der Waals surface area contributed by atoms with Gasteiger partial charge in [0.1, 0.15) is 11.4 Å². The number of anilines is 1. The summed E-state index contributed by atoms with van der Waals surface area (Å²) in [7, 11) is 3.86. The van der Waals surface area contributed by atoms with Crippen molar-refractivity contribution in [2.24, 2.45) is 5.10 Å². The van der Waals surface area contributed by atoms with Gasteiger partial charge in [-0.2, -0.15) is 5.10 Å². The Balaban J connectivity index is 1.87. The molecule has 3 rings (SSSR count). The Morgan fingerprint density at radius 1 is 1.00 bits per heavy atom. The van der Waals surface area contributed by atoms with Crippen LogP contribution in [-0.2, 0) is 10.2 Å². The smallest absolute Gasteiger partial charge is 0.287 e. The van der Waals surface area contributed by atoms with Crippen molar-refractivity contribution in [2.75, 3.05) is 19.0 Å². The van der Waals surface area contributed by atoms with Crippen molar-refractivity contribution in [3.8, 4) is 5.75 Å². The average molecular weight is 519 g/mol. The Morgan fingerprint density at radius 3 is 2.30 bits per heavy atom. The van der Waals surface area contributed by atoms with E-state index in [1.165, 1.54) is 6.21 Å². The summed E-state index contributed by atoms with van der Waals surface area (Å²) < 4.78 is 0. The fraction of sp³-hybridized carbons (Fsp3) is 0.207. The maximum atomic E-state index is 13.1. The molecule has 8 heteroatoms. The van der Waals surface area contributed by atoms with Gasteiger partial charge in [-0.05, 0) is 59.0 Å². The number of hydrazone groups is 1. The predicted octanol–water partition coefficient (Wildman–Crippen LogP) is 5.33. The minimum atomic E-state index is -0.639. The molecule has 0 aromatic heterocycles. The van der Waals surface area contributed by atoms with Gasteiger partial charge in [-0.25, -0.2) is 5.43 Å². The lowest BCUT2D eigenvalue weighted by molar-refractivity contribution is -0.117. The number of phenols is 1. The van der Waals surface area contributed by atoms with Crippen LogP contribution < -0.4 is 15.6 Å². The highest BCUT2D eigenvalue weighted by molar-refractivity contribution is 6.34. The zero-order valence-corrected chi connectivity index (χ0v) is 22.3. The summed E-state index contributed by atoms with van der Waals surface area (Å²) in [6.45, 7) is 6.18. The molecule has 0 unspecified atom stereocenters. The Hall–Kier alpha value is -4.10. The minimum absolute atomic E-state index is 0.0210. The molecule has 0 aliphatic rings. The van der Waals surface area contributed by atoms with Crippen molar-refractivity contribution in [1.82, 2.24) is 10.7 Å². The van der Waals surface area contributed by atoms with E-state index in [1.54, 1.807) is 36.4 Å². The predicted molar refractivity (Wildman–Crippen MR) is 150 cm³/mol. The van der Waals surface area contributed by atoms with Gasteiger partial charge in [-0.3, -0.25) is 9.59 Å². The van der Waals surface area contributed by atoms with Crippen LogP contribution in [0.3, 0.4) is 0 Å². The highest BCUT2D eigenvalue weighted by Gasteiger charge is 2.17. The van der Waals surface area contributed by atoms with E-state index in [9.17, 15) is 14.7 Å². The topological polar surface area (TPSA) is 94.0 Å². The van der Waals surface area contributed by atoms with Gasteiger partial charge < -0.3 is 15.3 Å². The van der Waals surface area contributed by atoms with Gasteiger partial charge >= 0.3 is 0 Å². The zero-order chi connectivity index (χ0) is 27.2. The van der Waals surface area contributed by atoms with Gasteiger partial charge in [0, 0.05) is 25.3 Å². The molecule has 0 radical (unpaired) electrons. The first-order valence-electron chi connectivity index (χ1n) is 11.7. The molecule has 7 nitrogen and oxygen atoms in total. The molecule has 0 saturated heterocycles. The molecule has 0 spiro atoms. The number of halogens is 1. The van der Waals surface area contributed by atoms with E-state index in [0.29, 0.717) is 11.1 Å². The van der Waals surface area contributed by atoms with Crippen molar-refractivity contribution in [2.45, 2.75) is 26.2 Å². The molecule has 0 bridgehead atoms. The molecule has 3 N–H and O–H groups in total. The van der Waals surface area contributed by atoms with Gasteiger partial charge in [-0.15, -0.1) is 0 Å². The van der Waals surface area contributed by atoms with E-state index >= 15 is 0 Å². The van der Waals surface area contributed by atoms with Crippen LogP contribution in [0.4, 0.5) is 5.69 Å². The Bertz CT molecular complexity index is 1340. The molecule has 0 heterocycles.